The topological polar surface area (TPSA) is 45.3 Å². The summed E-state index contributed by atoms with van der Waals surface area (Å²) in [6, 6.07) is 9.25. The third kappa shape index (κ3) is 3.47. The molecule has 1 heterocycles. The van der Waals surface area contributed by atoms with Crippen molar-refractivity contribution in [2.45, 2.75) is 32.4 Å². The van der Waals surface area contributed by atoms with Gasteiger partial charge in [-0.1, -0.05) is 19.1 Å². The van der Waals surface area contributed by atoms with Crippen LogP contribution in [-0.4, -0.2) is 26.2 Å². The molecule has 3 unspecified atom stereocenters. The Labute approximate surface area is 115 Å². The van der Waals surface area contributed by atoms with Crippen LogP contribution in [0.5, 0.6) is 5.75 Å². The van der Waals surface area contributed by atoms with Gasteiger partial charge in [-0.2, -0.15) is 0 Å². The van der Waals surface area contributed by atoms with Crippen LogP contribution in [-0.2, 0) is 0 Å². The van der Waals surface area contributed by atoms with Crippen molar-refractivity contribution in [3.05, 3.63) is 29.8 Å². The molecule has 1 aliphatic rings. The third-order valence-electron chi connectivity index (χ3n) is 3.69. The van der Waals surface area contributed by atoms with E-state index in [-0.39, 0.29) is 0 Å². The predicted octanol–water partition coefficient (Wildman–Crippen LogP) is 1.85. The molecule has 0 aliphatic carbocycles. The van der Waals surface area contributed by atoms with Crippen molar-refractivity contribution < 1.29 is 4.74 Å². The Kier molecular flexibility index (Phi) is 5.19. The molecule has 0 aromatic heterocycles. The summed E-state index contributed by atoms with van der Waals surface area (Å²) in [5.41, 5.74) is 8.03. The van der Waals surface area contributed by atoms with Crippen LogP contribution in [0.15, 0.2) is 24.3 Å². The summed E-state index contributed by atoms with van der Waals surface area (Å²) in [5.74, 6) is 1.50. The van der Waals surface area contributed by atoms with E-state index in [0.717, 1.165) is 25.3 Å². The molecular formula is C15H25N3O. The second-order valence-electron chi connectivity index (χ2n) is 5.19. The van der Waals surface area contributed by atoms with Gasteiger partial charge in [0.2, 0.25) is 0 Å². The standard InChI is InChI=1S/C15H25N3O/c1-4-9-19-13-7-5-12(6-8-13)15-14(10-16-3)11(2)17-18-15/h5-8,11,14-18H,4,9-10H2,1-3H3. The average Bonchev–Trinajstić information content (AvgIpc) is 2.79. The van der Waals surface area contributed by atoms with Crippen molar-refractivity contribution >= 4 is 0 Å². The predicted molar refractivity (Wildman–Crippen MR) is 78.1 cm³/mol. The van der Waals surface area contributed by atoms with Gasteiger partial charge < -0.3 is 10.1 Å². The molecule has 0 bridgehead atoms. The van der Waals surface area contributed by atoms with E-state index in [1.165, 1.54) is 5.56 Å². The maximum Gasteiger partial charge on any atom is 0.119 e. The number of hydrogen-bond donors (Lipinski definition) is 3. The van der Waals surface area contributed by atoms with Crippen LogP contribution in [0.2, 0.25) is 0 Å². The van der Waals surface area contributed by atoms with Gasteiger partial charge in [-0.15, -0.1) is 0 Å². The SMILES string of the molecule is CCCOc1ccc(C2NNC(C)C2CNC)cc1. The molecule has 2 rings (SSSR count). The first-order chi connectivity index (χ1) is 9.26. The maximum absolute atomic E-state index is 5.62. The molecule has 4 nitrogen and oxygen atoms in total. The van der Waals surface area contributed by atoms with Gasteiger partial charge in [0.15, 0.2) is 0 Å². The minimum Gasteiger partial charge on any atom is -0.494 e. The van der Waals surface area contributed by atoms with Crippen LogP contribution in [0, 0.1) is 5.92 Å². The van der Waals surface area contributed by atoms with E-state index in [0.29, 0.717) is 18.0 Å². The van der Waals surface area contributed by atoms with E-state index in [1.54, 1.807) is 0 Å². The Balaban J connectivity index is 2.04. The van der Waals surface area contributed by atoms with Crippen molar-refractivity contribution in [1.29, 1.82) is 0 Å². The first kappa shape index (κ1) is 14.3. The normalized spacial score (nSPS) is 26.6. The van der Waals surface area contributed by atoms with E-state index in [2.05, 4.69) is 54.3 Å². The molecule has 3 atom stereocenters. The van der Waals surface area contributed by atoms with E-state index < -0.39 is 0 Å². The lowest BCUT2D eigenvalue weighted by Crippen LogP contribution is -2.31. The zero-order valence-electron chi connectivity index (χ0n) is 12.1. The lowest BCUT2D eigenvalue weighted by atomic mass is 9.90. The van der Waals surface area contributed by atoms with Gasteiger partial charge in [-0.05, 0) is 38.1 Å². The van der Waals surface area contributed by atoms with Crippen LogP contribution in [0.25, 0.3) is 0 Å². The Hall–Kier alpha value is -1.10. The molecule has 0 spiro atoms. The summed E-state index contributed by atoms with van der Waals surface area (Å²) in [4.78, 5) is 0. The summed E-state index contributed by atoms with van der Waals surface area (Å²) < 4.78 is 5.62. The van der Waals surface area contributed by atoms with Crippen molar-refractivity contribution in [2.24, 2.45) is 5.92 Å². The van der Waals surface area contributed by atoms with Gasteiger partial charge in [0.1, 0.15) is 5.75 Å². The smallest absolute Gasteiger partial charge is 0.119 e. The quantitative estimate of drug-likeness (QED) is 0.733. The fourth-order valence-electron chi connectivity index (χ4n) is 2.58. The monoisotopic (exact) mass is 263 g/mol. The third-order valence-corrected chi connectivity index (χ3v) is 3.69. The lowest BCUT2D eigenvalue weighted by molar-refractivity contribution is 0.317. The molecule has 19 heavy (non-hydrogen) atoms. The highest BCUT2D eigenvalue weighted by Gasteiger charge is 2.33. The molecule has 1 aromatic rings. The molecule has 0 saturated carbocycles. The van der Waals surface area contributed by atoms with Crippen LogP contribution >= 0.6 is 0 Å². The number of rotatable bonds is 6. The van der Waals surface area contributed by atoms with E-state index in [1.807, 2.05) is 7.05 Å². The summed E-state index contributed by atoms with van der Waals surface area (Å²) in [6.45, 7) is 6.11. The molecule has 1 aromatic carbocycles. The summed E-state index contributed by atoms with van der Waals surface area (Å²) in [6.07, 6.45) is 1.04. The van der Waals surface area contributed by atoms with Crippen LogP contribution in [0.1, 0.15) is 31.9 Å². The molecule has 106 valence electrons. The van der Waals surface area contributed by atoms with Crippen molar-refractivity contribution in [3.8, 4) is 5.75 Å². The van der Waals surface area contributed by atoms with Gasteiger partial charge in [0.25, 0.3) is 0 Å². The highest BCUT2D eigenvalue weighted by Crippen LogP contribution is 2.29. The van der Waals surface area contributed by atoms with Gasteiger partial charge in [0, 0.05) is 18.5 Å². The first-order valence-corrected chi connectivity index (χ1v) is 7.14. The summed E-state index contributed by atoms with van der Waals surface area (Å²) in [5, 5.41) is 3.27. The van der Waals surface area contributed by atoms with Crippen LogP contribution in [0.3, 0.4) is 0 Å². The Morgan fingerprint density at radius 3 is 2.58 bits per heavy atom. The molecule has 3 N–H and O–H groups in total. The number of ether oxygens (including phenoxy) is 1. The number of benzene rings is 1. The largest absolute Gasteiger partial charge is 0.494 e. The molecule has 1 saturated heterocycles. The second kappa shape index (κ2) is 6.89. The lowest BCUT2D eigenvalue weighted by Gasteiger charge is -2.21. The summed E-state index contributed by atoms with van der Waals surface area (Å²) in [7, 11) is 2.00. The van der Waals surface area contributed by atoms with Gasteiger partial charge in [-0.25, -0.2) is 5.43 Å². The minimum atomic E-state index is 0.350. The maximum atomic E-state index is 5.62. The van der Waals surface area contributed by atoms with Gasteiger partial charge >= 0.3 is 0 Å². The highest BCUT2D eigenvalue weighted by molar-refractivity contribution is 5.30. The average molecular weight is 263 g/mol. The zero-order chi connectivity index (χ0) is 13.7. The summed E-state index contributed by atoms with van der Waals surface area (Å²) >= 11 is 0. The van der Waals surface area contributed by atoms with Crippen LogP contribution in [0.4, 0.5) is 0 Å². The number of hydrazine groups is 1. The first-order valence-electron chi connectivity index (χ1n) is 7.14. The Morgan fingerprint density at radius 1 is 1.21 bits per heavy atom. The van der Waals surface area contributed by atoms with Gasteiger partial charge in [0.05, 0.1) is 12.6 Å². The van der Waals surface area contributed by atoms with Crippen molar-refractivity contribution in [1.82, 2.24) is 16.2 Å². The second-order valence-corrected chi connectivity index (χ2v) is 5.19. The van der Waals surface area contributed by atoms with E-state index in [4.69, 9.17) is 4.74 Å². The number of hydrogen-bond acceptors (Lipinski definition) is 4. The molecule has 0 amide bonds. The molecule has 4 heteroatoms. The Morgan fingerprint density at radius 2 is 1.95 bits per heavy atom. The molecule has 0 radical (unpaired) electrons. The van der Waals surface area contributed by atoms with Gasteiger partial charge in [-0.3, -0.25) is 5.43 Å². The van der Waals surface area contributed by atoms with E-state index in [9.17, 15) is 0 Å². The van der Waals surface area contributed by atoms with Crippen molar-refractivity contribution in [3.63, 3.8) is 0 Å². The van der Waals surface area contributed by atoms with E-state index >= 15 is 0 Å². The Bertz CT molecular complexity index is 379. The molecule has 1 fully saturated rings. The zero-order valence-corrected chi connectivity index (χ0v) is 12.1. The number of nitrogens with one attached hydrogen (secondary N) is 3. The van der Waals surface area contributed by atoms with Crippen LogP contribution < -0.4 is 20.9 Å². The molecule has 1 aliphatic heterocycles. The van der Waals surface area contributed by atoms with Crippen molar-refractivity contribution in [2.75, 3.05) is 20.2 Å². The minimum absolute atomic E-state index is 0.350. The highest BCUT2D eigenvalue weighted by atomic mass is 16.5. The molecular weight excluding hydrogens is 238 g/mol. The fraction of sp³-hybridized carbons (Fsp3) is 0.600. The fourth-order valence-corrected chi connectivity index (χ4v) is 2.58.